The van der Waals surface area contributed by atoms with Gasteiger partial charge >= 0.3 is 0 Å². The van der Waals surface area contributed by atoms with Gasteiger partial charge in [0, 0.05) is 11.6 Å². The molecule has 0 saturated heterocycles. The van der Waals surface area contributed by atoms with Gasteiger partial charge in [-0.2, -0.15) is 4.99 Å². The largest absolute Gasteiger partial charge is 0.369 e. The maximum absolute atomic E-state index is 6.29. The summed E-state index contributed by atoms with van der Waals surface area (Å²) in [6, 6.07) is 10.1. The Morgan fingerprint density at radius 3 is 2.61 bits per heavy atom. The summed E-state index contributed by atoms with van der Waals surface area (Å²) in [6.45, 7) is 0. The van der Waals surface area contributed by atoms with Crippen LogP contribution in [0.5, 0.6) is 0 Å². The fourth-order valence-corrected chi connectivity index (χ4v) is 3.74. The van der Waals surface area contributed by atoms with E-state index in [2.05, 4.69) is 9.98 Å². The third-order valence-electron chi connectivity index (χ3n) is 4.70. The summed E-state index contributed by atoms with van der Waals surface area (Å²) >= 11 is 0. The van der Waals surface area contributed by atoms with Crippen molar-refractivity contribution in [2.24, 2.45) is 21.5 Å². The second-order valence-corrected chi connectivity index (χ2v) is 6.17. The molecule has 2 aliphatic rings. The molecule has 1 spiro atoms. The Kier molecular flexibility index (Phi) is 3.18. The molecule has 4 rings (SSSR count). The maximum Gasteiger partial charge on any atom is 0.220 e. The topological polar surface area (TPSA) is 92.9 Å². The molecule has 6 nitrogen and oxygen atoms in total. The van der Waals surface area contributed by atoms with Gasteiger partial charge in [0.15, 0.2) is 0 Å². The van der Waals surface area contributed by atoms with Crippen molar-refractivity contribution < 1.29 is 0 Å². The highest BCUT2D eigenvalue weighted by Gasteiger charge is 2.43. The number of aliphatic imine (C=N–C) groups is 2. The molecule has 2 heterocycles. The molecule has 0 radical (unpaired) electrons. The molecule has 6 heteroatoms. The van der Waals surface area contributed by atoms with E-state index in [0.29, 0.717) is 5.96 Å². The average molecular weight is 308 g/mol. The third-order valence-corrected chi connectivity index (χ3v) is 4.70. The SMILES string of the molecule is NC1=NC2(CCCCC2)N(c2cccc3cccnc23)C(N)=N1. The van der Waals surface area contributed by atoms with Crippen LogP contribution in [0.2, 0.25) is 0 Å². The van der Waals surface area contributed by atoms with Crippen molar-refractivity contribution in [1.29, 1.82) is 0 Å². The Morgan fingerprint density at radius 1 is 1.00 bits per heavy atom. The first kappa shape index (κ1) is 14.0. The van der Waals surface area contributed by atoms with E-state index in [9.17, 15) is 0 Å². The van der Waals surface area contributed by atoms with Gasteiger partial charge < -0.3 is 11.5 Å². The van der Waals surface area contributed by atoms with E-state index in [0.717, 1.165) is 42.3 Å². The minimum Gasteiger partial charge on any atom is -0.369 e. The monoisotopic (exact) mass is 308 g/mol. The number of nitrogens with zero attached hydrogens (tertiary/aromatic N) is 4. The van der Waals surface area contributed by atoms with E-state index >= 15 is 0 Å². The minimum atomic E-state index is -0.431. The number of nitrogens with two attached hydrogens (primary N) is 2. The second kappa shape index (κ2) is 5.22. The lowest BCUT2D eigenvalue weighted by atomic mass is 9.87. The average Bonchev–Trinajstić information content (AvgIpc) is 2.55. The van der Waals surface area contributed by atoms with Crippen LogP contribution in [0.4, 0.5) is 5.69 Å². The molecule has 0 bridgehead atoms. The molecular formula is C17H20N6. The third kappa shape index (κ3) is 2.21. The highest BCUT2D eigenvalue weighted by molar-refractivity contribution is 6.09. The number of hydrogen-bond acceptors (Lipinski definition) is 6. The summed E-state index contributed by atoms with van der Waals surface area (Å²) in [5.74, 6) is 0.673. The number of para-hydroxylation sites is 1. The van der Waals surface area contributed by atoms with Gasteiger partial charge in [0.1, 0.15) is 5.66 Å². The smallest absolute Gasteiger partial charge is 0.220 e. The van der Waals surface area contributed by atoms with E-state index in [4.69, 9.17) is 16.5 Å². The number of aromatic nitrogens is 1. The first-order valence-corrected chi connectivity index (χ1v) is 8.03. The lowest BCUT2D eigenvalue weighted by Crippen LogP contribution is -2.58. The van der Waals surface area contributed by atoms with Crippen molar-refractivity contribution in [3.8, 4) is 0 Å². The van der Waals surface area contributed by atoms with E-state index in [1.807, 2.05) is 35.2 Å². The zero-order valence-corrected chi connectivity index (χ0v) is 12.9. The Hall–Kier alpha value is -2.63. The Balaban J connectivity index is 1.92. The molecule has 1 aliphatic heterocycles. The molecule has 2 aromatic rings. The summed E-state index contributed by atoms with van der Waals surface area (Å²) in [4.78, 5) is 15.5. The summed E-state index contributed by atoms with van der Waals surface area (Å²) in [5, 5.41) is 1.08. The fraction of sp³-hybridized carbons (Fsp3) is 0.353. The number of guanidine groups is 2. The number of hydrogen-bond donors (Lipinski definition) is 2. The lowest BCUT2D eigenvalue weighted by molar-refractivity contribution is 0.306. The van der Waals surface area contributed by atoms with Crippen LogP contribution in [-0.4, -0.2) is 22.6 Å². The van der Waals surface area contributed by atoms with Crippen molar-refractivity contribution in [3.05, 3.63) is 36.5 Å². The molecule has 23 heavy (non-hydrogen) atoms. The Labute approximate surface area is 134 Å². The van der Waals surface area contributed by atoms with E-state index < -0.39 is 5.66 Å². The Bertz CT molecular complexity index is 798. The first-order chi connectivity index (χ1) is 11.2. The van der Waals surface area contributed by atoms with Crippen molar-refractivity contribution >= 4 is 28.5 Å². The van der Waals surface area contributed by atoms with E-state index in [1.54, 1.807) is 6.20 Å². The molecule has 0 unspecified atom stereocenters. The lowest BCUT2D eigenvalue weighted by Gasteiger charge is -2.45. The predicted octanol–water partition coefficient (Wildman–Crippen LogP) is 2.34. The zero-order chi connectivity index (χ0) is 15.9. The van der Waals surface area contributed by atoms with Crippen LogP contribution in [0, 0.1) is 0 Å². The number of anilines is 1. The quantitative estimate of drug-likeness (QED) is 0.845. The maximum atomic E-state index is 6.29. The van der Waals surface area contributed by atoms with Crippen LogP contribution >= 0.6 is 0 Å². The highest BCUT2D eigenvalue weighted by atomic mass is 15.4. The standard InChI is InChI=1S/C17H20N6/c18-15-21-16(19)23(17(22-15)9-2-1-3-10-17)13-8-4-6-12-7-5-11-20-14(12)13/h4-8,11H,1-3,9-10H2,(H4,18,19,21,22). The van der Waals surface area contributed by atoms with Crippen molar-refractivity contribution in [2.45, 2.75) is 37.8 Å². The molecule has 118 valence electrons. The molecule has 1 fully saturated rings. The van der Waals surface area contributed by atoms with Crippen LogP contribution in [0.1, 0.15) is 32.1 Å². The van der Waals surface area contributed by atoms with Crippen molar-refractivity contribution in [3.63, 3.8) is 0 Å². The van der Waals surface area contributed by atoms with Gasteiger partial charge in [-0.15, -0.1) is 0 Å². The van der Waals surface area contributed by atoms with Crippen LogP contribution in [-0.2, 0) is 0 Å². The van der Waals surface area contributed by atoms with Gasteiger partial charge in [-0.05, 0) is 37.8 Å². The van der Waals surface area contributed by atoms with Gasteiger partial charge in [0.25, 0.3) is 0 Å². The van der Waals surface area contributed by atoms with Crippen LogP contribution in [0.3, 0.4) is 0 Å². The van der Waals surface area contributed by atoms with Crippen LogP contribution in [0.25, 0.3) is 10.9 Å². The molecule has 1 aromatic heterocycles. The van der Waals surface area contributed by atoms with Gasteiger partial charge in [0.05, 0.1) is 11.2 Å². The second-order valence-electron chi connectivity index (χ2n) is 6.17. The number of pyridine rings is 1. The summed E-state index contributed by atoms with van der Waals surface area (Å²) in [6.07, 6.45) is 7.09. The number of fused-ring (bicyclic) bond motifs is 1. The summed E-state index contributed by atoms with van der Waals surface area (Å²) in [7, 11) is 0. The zero-order valence-electron chi connectivity index (χ0n) is 12.9. The summed E-state index contributed by atoms with van der Waals surface area (Å²) in [5.41, 5.74) is 13.6. The van der Waals surface area contributed by atoms with E-state index in [1.165, 1.54) is 6.42 Å². The van der Waals surface area contributed by atoms with Crippen LogP contribution in [0.15, 0.2) is 46.5 Å². The van der Waals surface area contributed by atoms with Crippen LogP contribution < -0.4 is 16.4 Å². The van der Waals surface area contributed by atoms with Gasteiger partial charge in [0.2, 0.25) is 11.9 Å². The highest BCUT2D eigenvalue weighted by Crippen LogP contribution is 2.41. The van der Waals surface area contributed by atoms with Crippen molar-refractivity contribution in [2.75, 3.05) is 4.90 Å². The number of benzene rings is 1. The van der Waals surface area contributed by atoms with E-state index in [-0.39, 0.29) is 5.96 Å². The molecule has 0 atom stereocenters. The molecule has 1 saturated carbocycles. The summed E-state index contributed by atoms with van der Waals surface area (Å²) < 4.78 is 0. The first-order valence-electron chi connectivity index (χ1n) is 8.03. The van der Waals surface area contributed by atoms with Crippen molar-refractivity contribution in [1.82, 2.24) is 4.98 Å². The minimum absolute atomic E-state index is 0.272. The molecule has 0 amide bonds. The number of rotatable bonds is 1. The van der Waals surface area contributed by atoms with Gasteiger partial charge in [-0.25, -0.2) is 4.99 Å². The van der Waals surface area contributed by atoms with Gasteiger partial charge in [-0.3, -0.25) is 9.88 Å². The molecular weight excluding hydrogens is 288 g/mol. The fourth-order valence-electron chi connectivity index (χ4n) is 3.74. The Morgan fingerprint density at radius 2 is 1.78 bits per heavy atom. The molecule has 1 aliphatic carbocycles. The normalized spacial score (nSPS) is 20.4. The van der Waals surface area contributed by atoms with Gasteiger partial charge in [-0.1, -0.05) is 24.6 Å². The molecule has 1 aromatic carbocycles. The molecule has 4 N–H and O–H groups in total. The predicted molar refractivity (Wildman–Crippen MR) is 93.3 cm³/mol.